The lowest BCUT2D eigenvalue weighted by Crippen LogP contribution is -2.33. The van der Waals surface area contributed by atoms with Crippen LogP contribution in [0.5, 0.6) is 0 Å². The molecule has 0 bridgehead atoms. The normalized spacial score (nSPS) is 19.2. The summed E-state index contributed by atoms with van der Waals surface area (Å²) >= 11 is 0. The molecule has 5 heteroatoms. The maximum atomic E-state index is 12.5. The number of nitrogens with zero attached hydrogens (tertiary/aromatic N) is 2. The van der Waals surface area contributed by atoms with Crippen molar-refractivity contribution in [3.63, 3.8) is 0 Å². The van der Waals surface area contributed by atoms with E-state index in [0.29, 0.717) is 0 Å². The number of esters is 1. The van der Waals surface area contributed by atoms with Crippen molar-refractivity contribution in [3.05, 3.63) is 65.7 Å². The van der Waals surface area contributed by atoms with Crippen LogP contribution in [0.3, 0.4) is 0 Å². The van der Waals surface area contributed by atoms with E-state index in [-0.39, 0.29) is 24.1 Å². The molecular weight excluding hydrogens is 328 g/mol. The van der Waals surface area contributed by atoms with Crippen molar-refractivity contribution >= 4 is 23.2 Å². The summed E-state index contributed by atoms with van der Waals surface area (Å²) in [6.07, 6.45) is 0. The predicted molar refractivity (Wildman–Crippen MR) is 101 cm³/mol. The minimum Gasteiger partial charge on any atom is -0.461 e. The molecule has 0 aromatic heterocycles. The van der Waals surface area contributed by atoms with Crippen molar-refractivity contribution in [2.45, 2.75) is 26.8 Å². The number of carbonyl (C=O) groups is 2. The molecule has 0 saturated heterocycles. The Balaban J connectivity index is 2.11. The van der Waals surface area contributed by atoms with Crippen LogP contribution in [0, 0.1) is 12.8 Å². The van der Waals surface area contributed by atoms with Gasteiger partial charge in [-0.25, -0.2) is 4.79 Å². The van der Waals surface area contributed by atoms with E-state index in [2.05, 4.69) is 5.10 Å². The molecule has 2 aromatic rings. The minimum atomic E-state index is -0.669. The van der Waals surface area contributed by atoms with Gasteiger partial charge in [-0.3, -0.25) is 9.80 Å². The molecule has 0 aliphatic carbocycles. The van der Waals surface area contributed by atoms with Crippen LogP contribution in [-0.4, -0.2) is 24.1 Å². The van der Waals surface area contributed by atoms with Crippen LogP contribution < -0.4 is 5.01 Å². The third-order valence-electron chi connectivity index (χ3n) is 4.45. The Kier molecular flexibility index (Phi) is 5.16. The lowest BCUT2D eigenvalue weighted by atomic mass is 9.87. The van der Waals surface area contributed by atoms with Crippen LogP contribution in [0.2, 0.25) is 0 Å². The molecule has 1 aliphatic rings. The summed E-state index contributed by atoms with van der Waals surface area (Å²) in [4.78, 5) is 24.9. The Morgan fingerprint density at radius 3 is 2.31 bits per heavy atom. The highest BCUT2D eigenvalue weighted by molar-refractivity contribution is 6.42. The van der Waals surface area contributed by atoms with Crippen molar-refractivity contribution in [1.29, 1.82) is 0 Å². The zero-order chi connectivity index (χ0) is 18.7. The van der Waals surface area contributed by atoms with Crippen LogP contribution >= 0.6 is 0 Å². The number of rotatable bonds is 5. The summed E-state index contributed by atoms with van der Waals surface area (Å²) in [6.45, 7) is 5.48. The third kappa shape index (κ3) is 3.38. The first kappa shape index (κ1) is 17.9. The van der Waals surface area contributed by atoms with Gasteiger partial charge < -0.3 is 4.74 Å². The van der Waals surface area contributed by atoms with Gasteiger partial charge in [0.1, 0.15) is 5.78 Å². The highest BCUT2D eigenvalue weighted by Crippen LogP contribution is 2.40. The number of ketones is 1. The molecule has 0 radical (unpaired) electrons. The van der Waals surface area contributed by atoms with E-state index in [1.807, 2.05) is 61.5 Å². The second-order valence-electron chi connectivity index (χ2n) is 6.33. The van der Waals surface area contributed by atoms with E-state index < -0.39 is 11.9 Å². The summed E-state index contributed by atoms with van der Waals surface area (Å²) in [6, 6.07) is 17.1. The average molecular weight is 350 g/mol. The molecule has 2 aromatic carbocycles. The lowest BCUT2D eigenvalue weighted by Gasteiger charge is -2.27. The number of aryl methyl sites for hydroxylation is 1. The molecule has 26 heavy (non-hydrogen) atoms. The number of hydrogen-bond donors (Lipinski definition) is 0. The molecule has 134 valence electrons. The monoisotopic (exact) mass is 350 g/mol. The van der Waals surface area contributed by atoms with Crippen molar-refractivity contribution in [1.82, 2.24) is 0 Å². The number of hydrazone groups is 1. The SMILES string of the molecule is CCOC(=O)C1=NN(c2ccc(C)cc2)C(c2ccccc2)C1C(C)=O. The van der Waals surface area contributed by atoms with Crippen molar-refractivity contribution in [3.8, 4) is 0 Å². The second-order valence-corrected chi connectivity index (χ2v) is 6.33. The van der Waals surface area contributed by atoms with Crippen LogP contribution in [0.4, 0.5) is 5.69 Å². The third-order valence-corrected chi connectivity index (χ3v) is 4.45. The number of ether oxygens (including phenoxy) is 1. The van der Waals surface area contributed by atoms with Crippen molar-refractivity contribution in [2.75, 3.05) is 11.6 Å². The van der Waals surface area contributed by atoms with Gasteiger partial charge >= 0.3 is 5.97 Å². The predicted octanol–water partition coefficient (Wildman–Crippen LogP) is 3.68. The Bertz CT molecular complexity index is 828. The highest BCUT2D eigenvalue weighted by atomic mass is 16.5. The first-order chi connectivity index (χ1) is 12.5. The maximum Gasteiger partial charge on any atom is 0.355 e. The van der Waals surface area contributed by atoms with Gasteiger partial charge in [0.05, 0.1) is 24.3 Å². The van der Waals surface area contributed by atoms with E-state index in [1.165, 1.54) is 6.92 Å². The van der Waals surface area contributed by atoms with Gasteiger partial charge in [0.2, 0.25) is 0 Å². The van der Waals surface area contributed by atoms with Gasteiger partial charge in [-0.1, -0.05) is 48.0 Å². The first-order valence-corrected chi connectivity index (χ1v) is 8.69. The van der Waals surface area contributed by atoms with E-state index >= 15 is 0 Å². The quantitative estimate of drug-likeness (QED) is 0.772. The largest absolute Gasteiger partial charge is 0.461 e. The summed E-state index contributed by atoms with van der Waals surface area (Å²) < 4.78 is 5.15. The Morgan fingerprint density at radius 2 is 1.73 bits per heavy atom. The van der Waals surface area contributed by atoms with E-state index in [1.54, 1.807) is 11.9 Å². The van der Waals surface area contributed by atoms with Gasteiger partial charge in [0.15, 0.2) is 5.71 Å². The lowest BCUT2D eigenvalue weighted by molar-refractivity contribution is -0.136. The summed E-state index contributed by atoms with van der Waals surface area (Å²) in [5, 5.41) is 6.28. The Labute approximate surface area is 153 Å². The number of Topliss-reactive ketones (excluding diaryl/α,β-unsaturated/α-hetero) is 1. The molecule has 0 spiro atoms. The van der Waals surface area contributed by atoms with Gasteiger partial charge in [-0.15, -0.1) is 0 Å². The van der Waals surface area contributed by atoms with E-state index in [4.69, 9.17) is 4.74 Å². The number of benzene rings is 2. The molecular formula is C21H22N2O3. The highest BCUT2D eigenvalue weighted by Gasteiger charge is 2.45. The molecule has 1 aliphatic heterocycles. The fourth-order valence-corrected chi connectivity index (χ4v) is 3.22. The maximum absolute atomic E-state index is 12.5. The molecule has 5 nitrogen and oxygen atoms in total. The van der Waals surface area contributed by atoms with Crippen LogP contribution in [0.1, 0.15) is 31.0 Å². The molecule has 2 unspecified atom stereocenters. The zero-order valence-electron chi connectivity index (χ0n) is 15.2. The Hall–Kier alpha value is -2.95. The summed E-state index contributed by atoms with van der Waals surface area (Å²) in [5.74, 6) is -1.32. The molecule has 2 atom stereocenters. The number of carbonyl (C=O) groups excluding carboxylic acids is 2. The molecule has 0 N–H and O–H groups in total. The summed E-state index contributed by atoms with van der Waals surface area (Å²) in [5.41, 5.74) is 3.04. The molecule has 3 rings (SSSR count). The fraction of sp³-hybridized carbons (Fsp3) is 0.286. The van der Waals surface area contributed by atoms with Crippen LogP contribution in [0.15, 0.2) is 59.7 Å². The molecule has 0 fully saturated rings. The fourth-order valence-electron chi connectivity index (χ4n) is 3.22. The second kappa shape index (κ2) is 7.52. The first-order valence-electron chi connectivity index (χ1n) is 8.69. The van der Waals surface area contributed by atoms with Gasteiger partial charge in [0.25, 0.3) is 0 Å². The summed E-state index contributed by atoms with van der Waals surface area (Å²) in [7, 11) is 0. The number of hydrogen-bond acceptors (Lipinski definition) is 5. The van der Waals surface area contributed by atoms with Gasteiger partial charge in [-0.05, 0) is 38.5 Å². The Morgan fingerprint density at radius 1 is 1.08 bits per heavy atom. The van der Waals surface area contributed by atoms with E-state index in [9.17, 15) is 9.59 Å². The zero-order valence-corrected chi connectivity index (χ0v) is 15.2. The number of anilines is 1. The minimum absolute atomic E-state index is 0.111. The molecule has 1 heterocycles. The van der Waals surface area contributed by atoms with E-state index in [0.717, 1.165) is 16.8 Å². The smallest absolute Gasteiger partial charge is 0.355 e. The molecule has 0 amide bonds. The van der Waals surface area contributed by atoms with Crippen molar-refractivity contribution < 1.29 is 14.3 Å². The standard InChI is InChI=1S/C21H22N2O3/c1-4-26-21(25)19-18(15(3)24)20(16-8-6-5-7-9-16)23(22-19)17-12-10-14(2)11-13-17/h5-13,18,20H,4H2,1-3H3. The van der Waals surface area contributed by atoms with Crippen LogP contribution in [-0.2, 0) is 14.3 Å². The average Bonchev–Trinajstić information content (AvgIpc) is 3.04. The van der Waals surface area contributed by atoms with Gasteiger partial charge in [0, 0.05) is 0 Å². The molecule has 0 saturated carbocycles. The van der Waals surface area contributed by atoms with Crippen LogP contribution in [0.25, 0.3) is 0 Å². The topological polar surface area (TPSA) is 59.0 Å². The van der Waals surface area contributed by atoms with Crippen molar-refractivity contribution in [2.24, 2.45) is 11.0 Å². The van der Waals surface area contributed by atoms with Gasteiger partial charge in [-0.2, -0.15) is 5.10 Å².